The molecule has 2 N–H and O–H groups in total. The molecule has 0 saturated heterocycles. The Bertz CT molecular complexity index is 467. The molecular weight excluding hydrogens is 424 g/mol. The van der Waals surface area contributed by atoms with Crippen LogP contribution in [0.25, 0.3) is 0 Å². The van der Waals surface area contributed by atoms with Crippen molar-refractivity contribution in [3.63, 3.8) is 0 Å². The fraction of sp³-hybridized carbons (Fsp3) is 0.462. The summed E-state index contributed by atoms with van der Waals surface area (Å²) in [5.41, 5.74) is 0.891. The van der Waals surface area contributed by atoms with Crippen molar-refractivity contribution < 1.29 is 4.39 Å². The first-order valence-electron chi connectivity index (χ1n) is 6.01. The number of halogens is 3. The molecule has 2 unspecified atom stereocenters. The van der Waals surface area contributed by atoms with Crippen molar-refractivity contribution in [1.29, 1.82) is 0 Å². The number of guanidine groups is 1. The Balaban J connectivity index is 0.00000180. The second kappa shape index (κ2) is 7.42. The van der Waals surface area contributed by atoms with E-state index in [1.165, 1.54) is 12.5 Å². The van der Waals surface area contributed by atoms with Gasteiger partial charge in [0.25, 0.3) is 0 Å². The van der Waals surface area contributed by atoms with Gasteiger partial charge in [-0.3, -0.25) is 4.99 Å². The number of nitrogens with one attached hydrogen (secondary N) is 2. The smallest absolute Gasteiger partial charge is 0.191 e. The van der Waals surface area contributed by atoms with Crippen LogP contribution in [0.1, 0.15) is 18.9 Å². The van der Waals surface area contributed by atoms with E-state index in [1.807, 2.05) is 6.07 Å². The summed E-state index contributed by atoms with van der Waals surface area (Å²) in [5.74, 6) is 1.24. The van der Waals surface area contributed by atoms with Crippen LogP contribution in [-0.4, -0.2) is 19.0 Å². The zero-order chi connectivity index (χ0) is 13.1. The minimum absolute atomic E-state index is 0. The van der Waals surface area contributed by atoms with Crippen LogP contribution >= 0.6 is 39.9 Å². The molecule has 1 aromatic carbocycles. The number of aliphatic imine (C=N–C) groups is 1. The molecule has 1 aliphatic carbocycles. The van der Waals surface area contributed by atoms with Crippen molar-refractivity contribution in [1.82, 2.24) is 10.6 Å². The maximum Gasteiger partial charge on any atom is 0.191 e. The zero-order valence-corrected chi connectivity index (χ0v) is 14.8. The average molecular weight is 442 g/mol. The summed E-state index contributed by atoms with van der Waals surface area (Å²) in [5, 5.41) is 6.50. The summed E-state index contributed by atoms with van der Waals surface area (Å²) in [7, 11) is 1.74. The second-order valence-corrected chi connectivity index (χ2v) is 5.49. The van der Waals surface area contributed by atoms with E-state index in [0.717, 1.165) is 11.5 Å². The van der Waals surface area contributed by atoms with E-state index in [4.69, 9.17) is 0 Å². The van der Waals surface area contributed by atoms with Gasteiger partial charge in [0.2, 0.25) is 0 Å². The molecule has 1 aromatic rings. The maximum absolute atomic E-state index is 13.3. The summed E-state index contributed by atoms with van der Waals surface area (Å²) < 4.78 is 13.8. The fourth-order valence-corrected chi connectivity index (χ4v) is 1.98. The highest BCUT2D eigenvalue weighted by Crippen LogP contribution is 2.28. The summed E-state index contributed by atoms with van der Waals surface area (Å²) in [6.07, 6.45) is 1.19. The van der Waals surface area contributed by atoms with E-state index < -0.39 is 0 Å². The Morgan fingerprint density at radius 3 is 2.74 bits per heavy atom. The van der Waals surface area contributed by atoms with Gasteiger partial charge in [0.1, 0.15) is 5.82 Å². The van der Waals surface area contributed by atoms with E-state index in [0.29, 0.717) is 23.0 Å². The standard InChI is InChI=1S/C13H17BrFN3.HI/c1-8-5-12(8)18-13(16-2)17-7-9-3-4-10(14)11(15)6-9;/h3-4,6,8,12H,5,7H2,1-2H3,(H2,16,17,18);1H. The molecule has 1 fully saturated rings. The van der Waals surface area contributed by atoms with Crippen molar-refractivity contribution in [2.24, 2.45) is 10.9 Å². The second-order valence-electron chi connectivity index (χ2n) is 4.64. The minimum Gasteiger partial charge on any atom is -0.353 e. The molecular formula is C13H18BrFIN3. The van der Waals surface area contributed by atoms with Crippen LogP contribution in [0.4, 0.5) is 4.39 Å². The van der Waals surface area contributed by atoms with Gasteiger partial charge >= 0.3 is 0 Å². The molecule has 106 valence electrons. The molecule has 19 heavy (non-hydrogen) atoms. The largest absolute Gasteiger partial charge is 0.353 e. The molecule has 6 heteroatoms. The predicted octanol–water partition coefficient (Wildman–Crippen LogP) is 3.28. The van der Waals surface area contributed by atoms with Gasteiger partial charge in [-0.25, -0.2) is 4.39 Å². The lowest BCUT2D eigenvalue weighted by Crippen LogP contribution is -2.38. The molecule has 3 nitrogen and oxygen atoms in total. The summed E-state index contributed by atoms with van der Waals surface area (Å²) in [6.45, 7) is 2.76. The molecule has 2 rings (SSSR count). The number of rotatable bonds is 3. The highest BCUT2D eigenvalue weighted by Gasteiger charge is 2.33. The van der Waals surface area contributed by atoms with E-state index in [1.54, 1.807) is 13.1 Å². The topological polar surface area (TPSA) is 36.4 Å². The van der Waals surface area contributed by atoms with Gasteiger partial charge in [0.05, 0.1) is 4.47 Å². The molecule has 1 saturated carbocycles. The monoisotopic (exact) mass is 441 g/mol. The lowest BCUT2D eigenvalue weighted by Gasteiger charge is -2.11. The molecule has 2 atom stereocenters. The molecule has 0 aromatic heterocycles. The van der Waals surface area contributed by atoms with Crippen molar-refractivity contribution in [3.05, 3.63) is 34.1 Å². The average Bonchev–Trinajstić information content (AvgIpc) is 3.04. The molecule has 0 radical (unpaired) electrons. The van der Waals surface area contributed by atoms with Crippen LogP contribution in [-0.2, 0) is 6.54 Å². The third kappa shape index (κ3) is 4.91. The molecule has 0 amide bonds. The number of hydrogen-bond acceptors (Lipinski definition) is 1. The third-order valence-electron chi connectivity index (χ3n) is 3.10. The van der Waals surface area contributed by atoms with E-state index in [9.17, 15) is 4.39 Å². The Morgan fingerprint density at radius 2 is 2.21 bits per heavy atom. The molecule has 0 spiro atoms. The van der Waals surface area contributed by atoms with Crippen molar-refractivity contribution in [2.75, 3.05) is 7.05 Å². The quantitative estimate of drug-likeness (QED) is 0.429. The predicted molar refractivity (Wildman–Crippen MR) is 90.4 cm³/mol. The van der Waals surface area contributed by atoms with Crippen LogP contribution < -0.4 is 10.6 Å². The molecule has 1 aliphatic rings. The fourth-order valence-electron chi connectivity index (χ4n) is 1.73. The number of benzene rings is 1. The van der Waals surface area contributed by atoms with Crippen molar-refractivity contribution in [3.8, 4) is 0 Å². The van der Waals surface area contributed by atoms with E-state index in [2.05, 4.69) is 38.5 Å². The third-order valence-corrected chi connectivity index (χ3v) is 3.74. The Kier molecular flexibility index (Phi) is 6.52. The summed E-state index contributed by atoms with van der Waals surface area (Å²) >= 11 is 3.14. The molecule has 0 heterocycles. The van der Waals surface area contributed by atoms with Crippen LogP contribution in [0.15, 0.2) is 27.7 Å². The van der Waals surface area contributed by atoms with Gasteiger partial charge in [0, 0.05) is 19.6 Å². The van der Waals surface area contributed by atoms with Crippen LogP contribution in [0, 0.1) is 11.7 Å². The van der Waals surface area contributed by atoms with Gasteiger partial charge in [-0.15, -0.1) is 24.0 Å². The van der Waals surface area contributed by atoms with E-state index >= 15 is 0 Å². The number of hydrogen-bond donors (Lipinski definition) is 2. The highest BCUT2D eigenvalue weighted by molar-refractivity contribution is 14.0. The van der Waals surface area contributed by atoms with Crippen molar-refractivity contribution in [2.45, 2.75) is 25.9 Å². The van der Waals surface area contributed by atoms with Crippen molar-refractivity contribution >= 4 is 45.9 Å². The SMILES string of the molecule is CN=C(NCc1ccc(Br)c(F)c1)NC1CC1C.I. The summed E-state index contributed by atoms with van der Waals surface area (Å²) in [4.78, 5) is 4.15. The van der Waals surface area contributed by atoms with Gasteiger partial charge in [-0.2, -0.15) is 0 Å². The molecule has 0 aliphatic heterocycles. The lowest BCUT2D eigenvalue weighted by molar-refractivity contribution is 0.617. The Morgan fingerprint density at radius 1 is 1.53 bits per heavy atom. The van der Waals surface area contributed by atoms with Gasteiger partial charge < -0.3 is 10.6 Å². The summed E-state index contributed by atoms with van der Waals surface area (Å²) in [6, 6.07) is 5.64. The zero-order valence-electron chi connectivity index (χ0n) is 10.9. The minimum atomic E-state index is -0.243. The first-order valence-corrected chi connectivity index (χ1v) is 6.80. The normalized spacial score (nSPS) is 21.6. The van der Waals surface area contributed by atoms with Gasteiger partial charge in [0.15, 0.2) is 5.96 Å². The number of nitrogens with zero attached hydrogens (tertiary/aromatic N) is 1. The lowest BCUT2D eigenvalue weighted by atomic mass is 10.2. The van der Waals surface area contributed by atoms with Gasteiger partial charge in [-0.05, 0) is 46.0 Å². The maximum atomic E-state index is 13.3. The first-order chi connectivity index (χ1) is 8.60. The van der Waals surface area contributed by atoms with Crippen LogP contribution in [0.2, 0.25) is 0 Å². The Labute approximate surface area is 138 Å². The van der Waals surface area contributed by atoms with E-state index in [-0.39, 0.29) is 29.8 Å². The first kappa shape index (κ1) is 16.7. The van der Waals surface area contributed by atoms with Crippen LogP contribution in [0.5, 0.6) is 0 Å². The highest BCUT2D eigenvalue weighted by atomic mass is 127. The van der Waals surface area contributed by atoms with Gasteiger partial charge in [-0.1, -0.05) is 13.0 Å². The molecule has 0 bridgehead atoms. The van der Waals surface area contributed by atoms with Crippen LogP contribution in [0.3, 0.4) is 0 Å². The Hall–Kier alpha value is -0.370.